The Bertz CT molecular complexity index is 469. The minimum Gasteiger partial charge on any atom is -0.494 e. The first-order chi connectivity index (χ1) is 10.1. The highest BCUT2D eigenvalue weighted by molar-refractivity contribution is 5.33. The van der Waals surface area contributed by atoms with E-state index in [0.717, 1.165) is 26.1 Å². The van der Waals surface area contributed by atoms with Crippen LogP contribution >= 0.6 is 0 Å². The molecule has 0 saturated carbocycles. The molecule has 1 saturated heterocycles. The first-order valence-corrected chi connectivity index (χ1v) is 7.45. The number of nitrogens with one attached hydrogen (secondary N) is 1. The maximum atomic E-state index is 14.4. The molecule has 1 N–H and O–H groups in total. The maximum absolute atomic E-state index is 14.4. The Kier molecular flexibility index (Phi) is 5.56. The molecule has 0 aliphatic carbocycles. The van der Waals surface area contributed by atoms with Crippen molar-refractivity contribution in [3.05, 3.63) is 29.6 Å². The van der Waals surface area contributed by atoms with E-state index in [4.69, 9.17) is 4.74 Å². The van der Waals surface area contributed by atoms with E-state index in [1.165, 1.54) is 7.11 Å². The molecule has 0 radical (unpaired) electrons. The van der Waals surface area contributed by atoms with Gasteiger partial charge in [0, 0.05) is 37.3 Å². The predicted octanol–water partition coefficient (Wildman–Crippen LogP) is 1.73. The number of methoxy groups -OCH3 is 1. The third kappa shape index (κ3) is 3.73. The molecule has 2 rings (SSSR count). The van der Waals surface area contributed by atoms with Crippen molar-refractivity contribution in [2.75, 3.05) is 47.9 Å². The maximum Gasteiger partial charge on any atom is 0.169 e. The van der Waals surface area contributed by atoms with Crippen molar-refractivity contribution in [1.29, 1.82) is 0 Å². The fourth-order valence-electron chi connectivity index (χ4n) is 2.98. The zero-order valence-electron chi connectivity index (χ0n) is 13.4. The normalized spacial score (nSPS) is 22.2. The van der Waals surface area contributed by atoms with Crippen molar-refractivity contribution in [2.24, 2.45) is 0 Å². The Morgan fingerprint density at radius 1 is 1.38 bits per heavy atom. The molecule has 2 atom stereocenters. The summed E-state index contributed by atoms with van der Waals surface area (Å²) in [6, 6.07) is 5.75. The Hall–Kier alpha value is -1.17. The van der Waals surface area contributed by atoms with Gasteiger partial charge >= 0.3 is 0 Å². The lowest BCUT2D eigenvalue weighted by Gasteiger charge is -2.39. The Labute approximate surface area is 126 Å². The number of hydrogen-bond acceptors (Lipinski definition) is 4. The second-order valence-electron chi connectivity index (χ2n) is 5.84. The van der Waals surface area contributed by atoms with Gasteiger partial charge in [-0.1, -0.05) is 12.1 Å². The first-order valence-electron chi connectivity index (χ1n) is 7.45. The highest BCUT2D eigenvalue weighted by Crippen LogP contribution is 2.28. The van der Waals surface area contributed by atoms with Crippen LogP contribution in [-0.2, 0) is 0 Å². The van der Waals surface area contributed by atoms with Crippen LogP contribution in [0, 0.1) is 5.82 Å². The van der Waals surface area contributed by atoms with E-state index in [-0.39, 0.29) is 11.9 Å². The van der Waals surface area contributed by atoms with Gasteiger partial charge in [0.25, 0.3) is 0 Å². The number of halogens is 1. The zero-order chi connectivity index (χ0) is 15.4. The molecule has 1 aromatic rings. The predicted molar refractivity (Wildman–Crippen MR) is 83.3 cm³/mol. The van der Waals surface area contributed by atoms with E-state index < -0.39 is 0 Å². The molecule has 4 nitrogen and oxygen atoms in total. The van der Waals surface area contributed by atoms with Gasteiger partial charge in [0.15, 0.2) is 11.6 Å². The Morgan fingerprint density at radius 3 is 2.81 bits per heavy atom. The zero-order valence-corrected chi connectivity index (χ0v) is 13.4. The van der Waals surface area contributed by atoms with Crippen molar-refractivity contribution in [3.8, 4) is 5.75 Å². The molecule has 0 bridgehead atoms. The van der Waals surface area contributed by atoms with E-state index in [0.29, 0.717) is 17.4 Å². The average Bonchev–Trinajstić information content (AvgIpc) is 2.49. The van der Waals surface area contributed by atoms with Crippen LogP contribution in [0.1, 0.15) is 18.0 Å². The van der Waals surface area contributed by atoms with Crippen LogP contribution in [0.15, 0.2) is 18.2 Å². The van der Waals surface area contributed by atoms with E-state index in [1.54, 1.807) is 6.07 Å². The third-order valence-electron chi connectivity index (χ3n) is 4.42. The minimum atomic E-state index is -0.258. The number of ether oxygens (including phenoxy) is 1. The molecule has 0 spiro atoms. The van der Waals surface area contributed by atoms with Crippen LogP contribution in [0.2, 0.25) is 0 Å². The lowest BCUT2D eigenvalue weighted by atomic mass is 9.96. The lowest BCUT2D eigenvalue weighted by molar-refractivity contribution is 0.101. The van der Waals surface area contributed by atoms with Crippen LogP contribution in [0.4, 0.5) is 4.39 Å². The molecule has 118 valence electrons. The summed E-state index contributed by atoms with van der Waals surface area (Å²) in [7, 11) is 7.67. The highest BCUT2D eigenvalue weighted by Gasteiger charge is 2.27. The number of benzene rings is 1. The second-order valence-corrected chi connectivity index (χ2v) is 5.84. The van der Waals surface area contributed by atoms with Gasteiger partial charge in [-0.05, 0) is 33.6 Å². The molecule has 1 heterocycles. The minimum absolute atomic E-state index is 0.0148. The first kappa shape index (κ1) is 16.2. The molecule has 1 aromatic carbocycles. The summed E-state index contributed by atoms with van der Waals surface area (Å²) in [4.78, 5) is 4.70. The average molecular weight is 295 g/mol. The molecule has 2 unspecified atom stereocenters. The van der Waals surface area contributed by atoms with Crippen LogP contribution in [0.5, 0.6) is 5.75 Å². The summed E-state index contributed by atoms with van der Waals surface area (Å²) in [6.45, 7) is 3.16. The van der Waals surface area contributed by atoms with Gasteiger partial charge in [0.1, 0.15) is 0 Å². The van der Waals surface area contributed by atoms with Crippen molar-refractivity contribution in [3.63, 3.8) is 0 Å². The number of rotatable bonds is 5. The number of nitrogens with zero attached hydrogens (tertiary/aromatic N) is 2. The molecule has 0 amide bonds. The van der Waals surface area contributed by atoms with Crippen molar-refractivity contribution >= 4 is 0 Å². The summed E-state index contributed by atoms with van der Waals surface area (Å²) >= 11 is 0. The fraction of sp³-hybridized carbons (Fsp3) is 0.625. The van der Waals surface area contributed by atoms with Crippen LogP contribution in [0.3, 0.4) is 0 Å². The number of likely N-dealkylation sites (N-methyl/N-ethyl adjacent to an activating group) is 2. The summed E-state index contributed by atoms with van der Waals surface area (Å²) in [5.41, 5.74) is 0.679. The van der Waals surface area contributed by atoms with E-state index >= 15 is 0 Å². The third-order valence-corrected chi connectivity index (χ3v) is 4.42. The Morgan fingerprint density at radius 2 is 2.14 bits per heavy atom. The molecule has 21 heavy (non-hydrogen) atoms. The molecule has 1 fully saturated rings. The topological polar surface area (TPSA) is 27.7 Å². The van der Waals surface area contributed by atoms with Gasteiger partial charge in [-0.2, -0.15) is 0 Å². The van der Waals surface area contributed by atoms with E-state index in [2.05, 4.69) is 29.2 Å². The largest absolute Gasteiger partial charge is 0.494 e. The van der Waals surface area contributed by atoms with Gasteiger partial charge in [-0.25, -0.2) is 4.39 Å². The van der Waals surface area contributed by atoms with Gasteiger partial charge in [0.05, 0.1) is 7.11 Å². The summed E-state index contributed by atoms with van der Waals surface area (Å²) in [5, 5.41) is 3.25. The van der Waals surface area contributed by atoms with Crippen molar-refractivity contribution in [1.82, 2.24) is 15.1 Å². The van der Waals surface area contributed by atoms with Gasteiger partial charge in [-0.15, -0.1) is 0 Å². The summed E-state index contributed by atoms with van der Waals surface area (Å²) < 4.78 is 19.5. The van der Waals surface area contributed by atoms with Gasteiger partial charge < -0.3 is 19.9 Å². The van der Waals surface area contributed by atoms with Crippen LogP contribution in [-0.4, -0.2) is 63.7 Å². The Balaban J connectivity index is 2.16. The quantitative estimate of drug-likeness (QED) is 0.895. The van der Waals surface area contributed by atoms with Crippen molar-refractivity contribution < 1.29 is 9.13 Å². The van der Waals surface area contributed by atoms with E-state index in [9.17, 15) is 4.39 Å². The van der Waals surface area contributed by atoms with Crippen LogP contribution in [0.25, 0.3) is 0 Å². The van der Waals surface area contributed by atoms with Crippen LogP contribution < -0.4 is 10.1 Å². The fourth-order valence-corrected chi connectivity index (χ4v) is 2.98. The second kappa shape index (κ2) is 7.20. The monoisotopic (exact) mass is 295 g/mol. The molecular formula is C16H26FN3O. The van der Waals surface area contributed by atoms with E-state index in [1.807, 2.05) is 19.2 Å². The number of piperazine rings is 1. The highest BCUT2D eigenvalue weighted by atomic mass is 19.1. The molecule has 5 heteroatoms. The standard InChI is InChI=1S/C16H26FN3O/c1-18-14(10-12-11-19(2)8-9-20(12)3)13-6-5-7-15(21-4)16(13)17/h5-7,12,14,18H,8-11H2,1-4H3. The molecule has 0 aromatic heterocycles. The molecular weight excluding hydrogens is 269 g/mol. The number of hydrogen-bond donors (Lipinski definition) is 1. The lowest BCUT2D eigenvalue weighted by Crippen LogP contribution is -2.51. The molecule has 1 aliphatic rings. The van der Waals surface area contributed by atoms with Gasteiger partial charge in [0.2, 0.25) is 0 Å². The SMILES string of the molecule is CNC(CC1CN(C)CCN1C)c1cccc(OC)c1F. The summed E-state index contributed by atoms with van der Waals surface area (Å²) in [6.07, 6.45) is 0.876. The summed E-state index contributed by atoms with van der Waals surface area (Å²) in [5.74, 6) is 0.0491. The van der Waals surface area contributed by atoms with Crippen molar-refractivity contribution in [2.45, 2.75) is 18.5 Å². The smallest absolute Gasteiger partial charge is 0.169 e. The van der Waals surface area contributed by atoms with Gasteiger partial charge in [-0.3, -0.25) is 0 Å². The molecule has 1 aliphatic heterocycles.